The number of nitrogens with zero attached hydrogens (tertiary/aromatic N) is 1. The second kappa shape index (κ2) is 6.46. The molecule has 0 fully saturated rings. The molecule has 0 saturated heterocycles. The first-order valence-corrected chi connectivity index (χ1v) is 6.69. The van der Waals surface area contributed by atoms with Gasteiger partial charge in [0.2, 0.25) is 5.95 Å². The minimum absolute atomic E-state index is 0.152. The van der Waals surface area contributed by atoms with E-state index in [-0.39, 0.29) is 5.41 Å². The summed E-state index contributed by atoms with van der Waals surface area (Å²) in [5, 5.41) is 0. The molecule has 1 heterocycles. The molecule has 0 aliphatic heterocycles. The van der Waals surface area contributed by atoms with E-state index in [0.29, 0.717) is 0 Å². The van der Waals surface area contributed by atoms with Crippen LogP contribution in [0.1, 0.15) is 40.2 Å². The molecule has 1 nitrogen and oxygen atoms in total. The monoisotopic (exact) mass is 259 g/mol. The first kappa shape index (κ1) is 15.4. The number of hydrogen-bond acceptors (Lipinski definition) is 1. The molecule has 1 aromatic carbocycles. The lowest BCUT2D eigenvalue weighted by Gasteiger charge is -2.19. The maximum Gasteiger partial charge on any atom is 0.212 e. The highest BCUT2D eigenvalue weighted by Crippen LogP contribution is 2.25. The van der Waals surface area contributed by atoms with Crippen LogP contribution in [0, 0.1) is 5.95 Å². The maximum absolute atomic E-state index is 12.7. The van der Waals surface area contributed by atoms with Crippen LogP contribution in [0.5, 0.6) is 0 Å². The van der Waals surface area contributed by atoms with Crippen molar-refractivity contribution in [2.75, 3.05) is 0 Å². The molecule has 2 heteroatoms. The summed E-state index contributed by atoms with van der Waals surface area (Å²) in [5.74, 6) is -0.444. The summed E-state index contributed by atoms with van der Waals surface area (Å²) in [7, 11) is 0. The molecule has 0 atom stereocenters. The van der Waals surface area contributed by atoms with Gasteiger partial charge in [0.15, 0.2) is 0 Å². The first-order chi connectivity index (χ1) is 8.97. The molecule has 0 aliphatic carbocycles. The molecular weight excluding hydrogens is 237 g/mol. The van der Waals surface area contributed by atoms with Gasteiger partial charge in [0.1, 0.15) is 0 Å². The standard InChI is InChI=1S/C15H16FN.C2H6/c1-15(2,3)13-7-4-11(5-8-13)12-6-9-14(16)17-10-12;1-2/h4-10H,1-3H3;1-2H3. The zero-order valence-electron chi connectivity index (χ0n) is 12.4. The van der Waals surface area contributed by atoms with Gasteiger partial charge in [-0.1, -0.05) is 58.9 Å². The first-order valence-electron chi connectivity index (χ1n) is 6.69. The smallest absolute Gasteiger partial charge is 0.212 e. The normalized spacial score (nSPS) is 10.6. The third-order valence-electron chi connectivity index (χ3n) is 2.81. The number of aromatic nitrogens is 1. The van der Waals surface area contributed by atoms with E-state index in [2.05, 4.69) is 50.0 Å². The largest absolute Gasteiger partial charge is 0.228 e. The Morgan fingerprint density at radius 1 is 0.842 bits per heavy atom. The fourth-order valence-electron chi connectivity index (χ4n) is 1.71. The fourth-order valence-corrected chi connectivity index (χ4v) is 1.71. The molecule has 0 N–H and O–H groups in total. The quantitative estimate of drug-likeness (QED) is 0.640. The average Bonchev–Trinajstić information content (AvgIpc) is 2.41. The summed E-state index contributed by atoms with van der Waals surface area (Å²) in [6.07, 6.45) is 1.56. The van der Waals surface area contributed by atoms with Crippen LogP contribution in [0.2, 0.25) is 0 Å². The van der Waals surface area contributed by atoms with E-state index in [1.807, 2.05) is 13.8 Å². The Morgan fingerprint density at radius 2 is 1.37 bits per heavy atom. The Bertz CT molecular complexity index is 492. The minimum Gasteiger partial charge on any atom is -0.228 e. The Hall–Kier alpha value is -1.70. The predicted molar refractivity (Wildman–Crippen MR) is 79.7 cm³/mol. The van der Waals surface area contributed by atoms with Crippen molar-refractivity contribution in [3.05, 3.63) is 54.1 Å². The van der Waals surface area contributed by atoms with Crippen molar-refractivity contribution < 1.29 is 4.39 Å². The molecule has 0 radical (unpaired) electrons. The Balaban J connectivity index is 0.000000861. The van der Waals surface area contributed by atoms with Gasteiger partial charge in [0.05, 0.1) is 0 Å². The summed E-state index contributed by atoms with van der Waals surface area (Å²) in [6.45, 7) is 10.5. The lowest BCUT2D eigenvalue weighted by Crippen LogP contribution is -2.10. The van der Waals surface area contributed by atoms with E-state index in [4.69, 9.17) is 0 Å². The van der Waals surface area contributed by atoms with Gasteiger partial charge < -0.3 is 0 Å². The number of pyridine rings is 1. The molecule has 0 saturated carbocycles. The molecule has 2 rings (SSSR count). The zero-order chi connectivity index (χ0) is 14.5. The van der Waals surface area contributed by atoms with Crippen LogP contribution in [0.3, 0.4) is 0 Å². The van der Waals surface area contributed by atoms with Crippen LogP contribution in [0.25, 0.3) is 11.1 Å². The number of hydrogen-bond donors (Lipinski definition) is 0. The third kappa shape index (κ3) is 4.16. The lowest BCUT2D eigenvalue weighted by molar-refractivity contribution is 0.584. The van der Waals surface area contributed by atoms with E-state index in [0.717, 1.165) is 11.1 Å². The zero-order valence-corrected chi connectivity index (χ0v) is 12.4. The third-order valence-corrected chi connectivity index (χ3v) is 2.81. The number of benzene rings is 1. The van der Waals surface area contributed by atoms with Crippen LogP contribution < -0.4 is 0 Å². The second-order valence-electron chi connectivity index (χ2n) is 5.20. The summed E-state index contributed by atoms with van der Waals surface area (Å²) in [4.78, 5) is 3.66. The SMILES string of the molecule is CC.CC(C)(C)c1ccc(-c2ccc(F)nc2)cc1. The van der Waals surface area contributed by atoms with Crippen molar-refractivity contribution in [1.29, 1.82) is 0 Å². The average molecular weight is 259 g/mol. The van der Waals surface area contributed by atoms with Crippen molar-refractivity contribution in [3.8, 4) is 11.1 Å². The molecule has 2 aromatic rings. The minimum atomic E-state index is -0.444. The Labute approximate surface area is 115 Å². The van der Waals surface area contributed by atoms with Gasteiger partial charge in [0, 0.05) is 11.8 Å². The molecule has 1 aromatic heterocycles. The molecule has 0 amide bonds. The molecule has 102 valence electrons. The molecular formula is C17H22FN. The van der Waals surface area contributed by atoms with E-state index >= 15 is 0 Å². The molecule has 0 bridgehead atoms. The van der Waals surface area contributed by atoms with Gasteiger partial charge in [-0.25, -0.2) is 4.98 Å². The molecule has 0 unspecified atom stereocenters. The van der Waals surface area contributed by atoms with Gasteiger partial charge in [0.25, 0.3) is 0 Å². The van der Waals surface area contributed by atoms with Crippen LogP contribution >= 0.6 is 0 Å². The van der Waals surface area contributed by atoms with Crippen molar-refractivity contribution in [2.45, 2.75) is 40.0 Å². The summed E-state index contributed by atoms with van der Waals surface area (Å²) < 4.78 is 12.7. The van der Waals surface area contributed by atoms with Gasteiger partial charge in [-0.05, 0) is 28.7 Å². The predicted octanol–water partition coefficient (Wildman–Crippen LogP) is 5.21. The summed E-state index contributed by atoms with van der Waals surface area (Å²) in [5.41, 5.74) is 3.44. The number of halogens is 1. The lowest BCUT2D eigenvalue weighted by atomic mass is 9.86. The van der Waals surface area contributed by atoms with Gasteiger partial charge in [-0.2, -0.15) is 4.39 Å². The highest BCUT2D eigenvalue weighted by molar-refractivity contribution is 5.62. The van der Waals surface area contributed by atoms with E-state index in [1.165, 1.54) is 11.6 Å². The molecule has 0 spiro atoms. The van der Waals surface area contributed by atoms with Gasteiger partial charge >= 0.3 is 0 Å². The Kier molecular flexibility index (Phi) is 5.22. The van der Waals surface area contributed by atoms with E-state index in [9.17, 15) is 4.39 Å². The highest BCUT2D eigenvalue weighted by atomic mass is 19.1. The van der Waals surface area contributed by atoms with Crippen molar-refractivity contribution in [1.82, 2.24) is 4.98 Å². The molecule has 19 heavy (non-hydrogen) atoms. The van der Waals surface area contributed by atoms with E-state index < -0.39 is 5.95 Å². The highest BCUT2D eigenvalue weighted by Gasteiger charge is 2.12. The maximum atomic E-state index is 12.7. The topological polar surface area (TPSA) is 12.9 Å². The second-order valence-corrected chi connectivity index (χ2v) is 5.20. The van der Waals surface area contributed by atoms with Crippen LogP contribution in [-0.4, -0.2) is 4.98 Å². The Morgan fingerprint density at radius 3 is 1.79 bits per heavy atom. The van der Waals surface area contributed by atoms with E-state index in [1.54, 1.807) is 12.3 Å². The summed E-state index contributed by atoms with van der Waals surface area (Å²) >= 11 is 0. The summed E-state index contributed by atoms with van der Waals surface area (Å²) in [6, 6.07) is 11.4. The van der Waals surface area contributed by atoms with Crippen LogP contribution in [0.15, 0.2) is 42.6 Å². The molecule has 0 aliphatic rings. The van der Waals surface area contributed by atoms with Crippen LogP contribution in [-0.2, 0) is 5.41 Å². The van der Waals surface area contributed by atoms with Crippen LogP contribution in [0.4, 0.5) is 4.39 Å². The fraction of sp³-hybridized carbons (Fsp3) is 0.353. The number of rotatable bonds is 1. The van der Waals surface area contributed by atoms with Gasteiger partial charge in [-0.15, -0.1) is 0 Å². The van der Waals surface area contributed by atoms with Crippen molar-refractivity contribution in [3.63, 3.8) is 0 Å². The van der Waals surface area contributed by atoms with Crippen molar-refractivity contribution >= 4 is 0 Å². The van der Waals surface area contributed by atoms with Gasteiger partial charge in [-0.3, -0.25) is 0 Å². The van der Waals surface area contributed by atoms with Crippen molar-refractivity contribution in [2.24, 2.45) is 0 Å².